The lowest BCUT2D eigenvalue weighted by Gasteiger charge is -2.24. The van der Waals surface area contributed by atoms with Crippen LogP contribution in [0.2, 0.25) is 0 Å². The molecule has 2 nitrogen and oxygen atoms in total. The molecular formula is C16H18FNOS. The van der Waals surface area contributed by atoms with Crippen molar-refractivity contribution in [3.8, 4) is 5.75 Å². The predicted molar refractivity (Wildman–Crippen MR) is 81.6 cm³/mol. The molecule has 20 heavy (non-hydrogen) atoms. The number of nitrogens with two attached hydrogens (primary N) is 1. The van der Waals surface area contributed by atoms with Gasteiger partial charge in [0.05, 0.1) is 0 Å². The van der Waals surface area contributed by atoms with Crippen LogP contribution in [0.5, 0.6) is 5.75 Å². The lowest BCUT2D eigenvalue weighted by Crippen LogP contribution is -2.29. The standard InChI is InChI=1S/C16H18FNOS/c1-11(18)16(12-7-9-13(17)10-8-12)19-14-5-3-4-6-15(14)20-2/h3-11,16H,18H2,1-2H3. The number of ether oxygens (including phenoxy) is 1. The molecular weight excluding hydrogens is 273 g/mol. The van der Waals surface area contributed by atoms with E-state index >= 15 is 0 Å². The maximum absolute atomic E-state index is 13.0. The van der Waals surface area contributed by atoms with Gasteiger partial charge in [0, 0.05) is 10.9 Å². The first-order valence-electron chi connectivity index (χ1n) is 6.42. The summed E-state index contributed by atoms with van der Waals surface area (Å²) in [5.74, 6) is 0.535. The fourth-order valence-corrected chi connectivity index (χ4v) is 2.52. The smallest absolute Gasteiger partial charge is 0.139 e. The first-order chi connectivity index (χ1) is 9.61. The molecule has 0 amide bonds. The van der Waals surface area contributed by atoms with Gasteiger partial charge in [-0.2, -0.15) is 0 Å². The fraction of sp³-hybridized carbons (Fsp3) is 0.250. The summed E-state index contributed by atoms with van der Waals surface area (Å²) in [7, 11) is 0. The molecule has 106 valence electrons. The van der Waals surface area contributed by atoms with Crippen molar-refractivity contribution in [1.82, 2.24) is 0 Å². The monoisotopic (exact) mass is 291 g/mol. The van der Waals surface area contributed by atoms with Gasteiger partial charge < -0.3 is 10.5 Å². The highest BCUT2D eigenvalue weighted by atomic mass is 32.2. The molecule has 2 rings (SSSR count). The van der Waals surface area contributed by atoms with Crippen molar-refractivity contribution in [2.75, 3.05) is 6.26 Å². The largest absolute Gasteiger partial charge is 0.483 e. The summed E-state index contributed by atoms with van der Waals surface area (Å²) in [5, 5.41) is 0. The van der Waals surface area contributed by atoms with E-state index in [0.29, 0.717) is 0 Å². The highest BCUT2D eigenvalue weighted by Gasteiger charge is 2.19. The van der Waals surface area contributed by atoms with Crippen molar-refractivity contribution in [1.29, 1.82) is 0 Å². The van der Waals surface area contributed by atoms with Crippen LogP contribution in [0.25, 0.3) is 0 Å². The Morgan fingerprint density at radius 3 is 2.35 bits per heavy atom. The number of benzene rings is 2. The number of halogens is 1. The van der Waals surface area contributed by atoms with Gasteiger partial charge >= 0.3 is 0 Å². The van der Waals surface area contributed by atoms with Crippen molar-refractivity contribution in [3.63, 3.8) is 0 Å². The minimum Gasteiger partial charge on any atom is -0.483 e. The van der Waals surface area contributed by atoms with E-state index in [1.807, 2.05) is 37.4 Å². The summed E-state index contributed by atoms with van der Waals surface area (Å²) < 4.78 is 19.1. The minimum absolute atomic E-state index is 0.199. The van der Waals surface area contributed by atoms with Crippen LogP contribution >= 0.6 is 11.8 Å². The normalized spacial score (nSPS) is 13.8. The van der Waals surface area contributed by atoms with Gasteiger partial charge in [-0.05, 0) is 43.0 Å². The van der Waals surface area contributed by atoms with Gasteiger partial charge in [-0.15, -0.1) is 11.8 Å². The zero-order valence-corrected chi connectivity index (χ0v) is 12.4. The van der Waals surface area contributed by atoms with Crippen molar-refractivity contribution in [3.05, 3.63) is 59.9 Å². The van der Waals surface area contributed by atoms with Crippen molar-refractivity contribution < 1.29 is 9.13 Å². The Balaban J connectivity index is 2.28. The molecule has 0 aliphatic rings. The molecule has 0 bridgehead atoms. The third-order valence-corrected chi connectivity index (χ3v) is 3.78. The van der Waals surface area contributed by atoms with Gasteiger partial charge in [0.15, 0.2) is 0 Å². The van der Waals surface area contributed by atoms with Crippen molar-refractivity contribution in [2.45, 2.75) is 24.0 Å². The first-order valence-corrected chi connectivity index (χ1v) is 7.65. The quantitative estimate of drug-likeness (QED) is 0.845. The van der Waals surface area contributed by atoms with E-state index in [-0.39, 0.29) is 18.0 Å². The number of thioether (sulfide) groups is 1. The van der Waals surface area contributed by atoms with E-state index in [4.69, 9.17) is 10.5 Å². The van der Waals surface area contributed by atoms with Gasteiger partial charge in [-0.3, -0.25) is 0 Å². The molecule has 0 aliphatic carbocycles. The number of para-hydroxylation sites is 1. The van der Waals surface area contributed by atoms with E-state index in [1.54, 1.807) is 23.9 Å². The van der Waals surface area contributed by atoms with Crippen LogP contribution in [0.1, 0.15) is 18.6 Å². The highest BCUT2D eigenvalue weighted by molar-refractivity contribution is 7.98. The Kier molecular flexibility index (Phi) is 5.04. The molecule has 0 aliphatic heterocycles. The van der Waals surface area contributed by atoms with E-state index in [0.717, 1.165) is 16.2 Å². The van der Waals surface area contributed by atoms with Gasteiger partial charge in [0.25, 0.3) is 0 Å². The average Bonchev–Trinajstić information content (AvgIpc) is 2.46. The summed E-state index contributed by atoms with van der Waals surface area (Å²) in [6.45, 7) is 1.88. The zero-order valence-electron chi connectivity index (χ0n) is 11.5. The average molecular weight is 291 g/mol. The molecule has 0 heterocycles. The van der Waals surface area contributed by atoms with Crippen LogP contribution in [-0.2, 0) is 0 Å². The highest BCUT2D eigenvalue weighted by Crippen LogP contribution is 2.32. The number of rotatable bonds is 5. The molecule has 0 radical (unpaired) electrons. The Labute approximate surface area is 123 Å². The predicted octanol–water partition coefficient (Wildman–Crippen LogP) is 4.01. The molecule has 2 aromatic carbocycles. The van der Waals surface area contributed by atoms with Crippen molar-refractivity contribution in [2.24, 2.45) is 5.73 Å². The van der Waals surface area contributed by atoms with E-state index in [2.05, 4.69) is 0 Å². The lowest BCUT2D eigenvalue weighted by molar-refractivity contribution is 0.176. The molecule has 0 fully saturated rings. The lowest BCUT2D eigenvalue weighted by atomic mass is 10.0. The van der Waals surface area contributed by atoms with Crippen LogP contribution < -0.4 is 10.5 Å². The van der Waals surface area contributed by atoms with Crippen LogP contribution in [0.15, 0.2) is 53.4 Å². The zero-order chi connectivity index (χ0) is 14.5. The van der Waals surface area contributed by atoms with E-state index in [9.17, 15) is 4.39 Å². The second kappa shape index (κ2) is 6.77. The number of hydrogen-bond donors (Lipinski definition) is 1. The van der Waals surface area contributed by atoms with Gasteiger partial charge in [0.2, 0.25) is 0 Å². The minimum atomic E-state index is -0.302. The SMILES string of the molecule is CSc1ccccc1OC(c1ccc(F)cc1)C(C)N. The molecule has 0 saturated heterocycles. The van der Waals surface area contributed by atoms with Gasteiger partial charge in [-0.1, -0.05) is 24.3 Å². The van der Waals surface area contributed by atoms with Crippen LogP contribution in [0, 0.1) is 5.82 Å². The maximum Gasteiger partial charge on any atom is 0.139 e. The van der Waals surface area contributed by atoms with E-state index < -0.39 is 0 Å². The third kappa shape index (κ3) is 3.52. The topological polar surface area (TPSA) is 35.2 Å². The van der Waals surface area contributed by atoms with Crippen LogP contribution in [-0.4, -0.2) is 12.3 Å². The summed E-state index contributed by atoms with van der Waals surface area (Å²) in [6.07, 6.45) is 1.70. The second-order valence-electron chi connectivity index (χ2n) is 4.60. The molecule has 0 spiro atoms. The van der Waals surface area contributed by atoms with E-state index in [1.165, 1.54) is 12.1 Å². The summed E-state index contributed by atoms with van der Waals surface area (Å²) >= 11 is 1.62. The summed E-state index contributed by atoms with van der Waals surface area (Å²) in [5.41, 5.74) is 6.89. The molecule has 2 aromatic rings. The van der Waals surface area contributed by atoms with Crippen LogP contribution in [0.4, 0.5) is 4.39 Å². The molecule has 4 heteroatoms. The molecule has 2 unspecified atom stereocenters. The van der Waals surface area contributed by atoms with Crippen molar-refractivity contribution >= 4 is 11.8 Å². The first kappa shape index (κ1) is 14.9. The third-order valence-electron chi connectivity index (χ3n) is 3.00. The maximum atomic E-state index is 13.0. The second-order valence-corrected chi connectivity index (χ2v) is 5.45. The Hall–Kier alpha value is -1.52. The van der Waals surface area contributed by atoms with Gasteiger partial charge in [0.1, 0.15) is 17.7 Å². The molecule has 0 aromatic heterocycles. The Bertz CT molecular complexity index is 557. The van der Waals surface area contributed by atoms with Crippen LogP contribution in [0.3, 0.4) is 0 Å². The molecule has 2 N–H and O–H groups in total. The Morgan fingerprint density at radius 1 is 1.10 bits per heavy atom. The summed E-state index contributed by atoms with van der Waals surface area (Å²) in [4.78, 5) is 1.06. The summed E-state index contributed by atoms with van der Waals surface area (Å²) in [6, 6.07) is 13.9. The molecule has 2 atom stereocenters. The number of hydrogen-bond acceptors (Lipinski definition) is 3. The van der Waals surface area contributed by atoms with Gasteiger partial charge in [-0.25, -0.2) is 4.39 Å². The molecule has 0 saturated carbocycles. The Morgan fingerprint density at radius 2 is 1.75 bits per heavy atom. The fourth-order valence-electron chi connectivity index (χ4n) is 1.98.